The molecule has 0 amide bonds. The van der Waals surface area contributed by atoms with Crippen LogP contribution in [0, 0.1) is 0 Å². The molecule has 0 bridgehead atoms. The van der Waals surface area contributed by atoms with E-state index in [9.17, 15) is 0 Å². The first-order valence-electron chi connectivity index (χ1n) is 6.28. The predicted molar refractivity (Wildman–Crippen MR) is 71.0 cm³/mol. The van der Waals surface area contributed by atoms with Crippen LogP contribution in [-0.2, 0) is 6.42 Å². The average Bonchev–Trinajstić information content (AvgIpc) is 2.87. The van der Waals surface area contributed by atoms with Crippen molar-refractivity contribution in [3.05, 3.63) is 35.4 Å². The Balaban J connectivity index is 1.69. The lowest BCUT2D eigenvalue weighted by atomic mass is 10.1. The third kappa shape index (κ3) is 2.01. The molecule has 2 aliphatic rings. The first kappa shape index (κ1) is 10.7. The van der Waals surface area contributed by atoms with Gasteiger partial charge in [-0.25, -0.2) is 0 Å². The van der Waals surface area contributed by atoms with Crippen molar-refractivity contribution in [1.82, 2.24) is 5.32 Å². The van der Waals surface area contributed by atoms with E-state index >= 15 is 0 Å². The number of thioether (sulfide) groups is 1. The monoisotopic (exact) mass is 233 g/mol. The van der Waals surface area contributed by atoms with Crippen molar-refractivity contribution in [2.24, 2.45) is 0 Å². The van der Waals surface area contributed by atoms with Gasteiger partial charge in [0, 0.05) is 23.1 Å². The van der Waals surface area contributed by atoms with Crippen molar-refractivity contribution in [3.63, 3.8) is 0 Å². The van der Waals surface area contributed by atoms with Gasteiger partial charge in [-0.2, -0.15) is 11.8 Å². The molecular formula is C14H19NS. The zero-order chi connectivity index (χ0) is 11.0. The molecule has 0 saturated carbocycles. The number of fused-ring (bicyclic) bond motifs is 1. The zero-order valence-electron chi connectivity index (χ0n) is 9.78. The molecule has 1 aromatic carbocycles. The quantitative estimate of drug-likeness (QED) is 0.842. The van der Waals surface area contributed by atoms with Crippen molar-refractivity contribution < 1.29 is 0 Å². The maximum Gasteiger partial charge on any atom is 0.0328 e. The Bertz CT molecular complexity index is 377. The lowest BCUT2D eigenvalue weighted by Crippen LogP contribution is -2.32. The highest BCUT2D eigenvalue weighted by molar-refractivity contribution is 8.00. The molecule has 1 fully saturated rings. The van der Waals surface area contributed by atoms with Gasteiger partial charge in [0.2, 0.25) is 0 Å². The Labute approximate surface area is 102 Å². The summed E-state index contributed by atoms with van der Waals surface area (Å²) in [4.78, 5) is 0. The highest BCUT2D eigenvalue weighted by atomic mass is 32.2. The fourth-order valence-corrected chi connectivity index (χ4v) is 4.11. The van der Waals surface area contributed by atoms with E-state index in [0.29, 0.717) is 6.04 Å². The van der Waals surface area contributed by atoms with Crippen molar-refractivity contribution in [2.45, 2.75) is 43.5 Å². The summed E-state index contributed by atoms with van der Waals surface area (Å²) in [6.45, 7) is 2.34. The molecule has 16 heavy (non-hydrogen) atoms. The van der Waals surface area contributed by atoms with Crippen molar-refractivity contribution in [1.29, 1.82) is 0 Å². The maximum atomic E-state index is 3.84. The number of hydrogen-bond acceptors (Lipinski definition) is 2. The highest BCUT2D eigenvalue weighted by Gasteiger charge is 2.28. The number of nitrogens with one attached hydrogen (secondary N) is 1. The zero-order valence-corrected chi connectivity index (χ0v) is 10.6. The van der Waals surface area contributed by atoms with Gasteiger partial charge in [0.05, 0.1) is 0 Å². The van der Waals surface area contributed by atoms with Crippen LogP contribution in [0.15, 0.2) is 24.3 Å². The van der Waals surface area contributed by atoms with E-state index in [4.69, 9.17) is 0 Å². The summed E-state index contributed by atoms with van der Waals surface area (Å²) in [6.07, 6.45) is 3.88. The molecule has 3 atom stereocenters. The van der Waals surface area contributed by atoms with Gasteiger partial charge >= 0.3 is 0 Å². The molecule has 1 aromatic rings. The Hall–Kier alpha value is -0.470. The minimum absolute atomic E-state index is 0.618. The highest BCUT2D eigenvalue weighted by Crippen LogP contribution is 2.34. The van der Waals surface area contributed by atoms with Gasteiger partial charge in [0.15, 0.2) is 0 Å². The molecule has 3 unspecified atom stereocenters. The number of hydrogen-bond donors (Lipinski definition) is 1. The topological polar surface area (TPSA) is 12.0 Å². The molecule has 1 heterocycles. The fourth-order valence-electron chi connectivity index (χ4n) is 2.95. The Morgan fingerprint density at radius 3 is 3.00 bits per heavy atom. The number of aryl methyl sites for hydroxylation is 1. The van der Waals surface area contributed by atoms with Gasteiger partial charge in [-0.3, -0.25) is 0 Å². The molecule has 0 spiro atoms. The van der Waals surface area contributed by atoms with Crippen LogP contribution in [0.2, 0.25) is 0 Å². The Kier molecular flexibility index (Phi) is 2.95. The summed E-state index contributed by atoms with van der Waals surface area (Å²) in [5, 5.41) is 4.69. The van der Waals surface area contributed by atoms with E-state index in [2.05, 4.69) is 48.3 Å². The average molecular weight is 233 g/mol. The Morgan fingerprint density at radius 1 is 1.31 bits per heavy atom. The first-order valence-corrected chi connectivity index (χ1v) is 7.33. The van der Waals surface area contributed by atoms with Crippen LogP contribution in [-0.4, -0.2) is 17.0 Å². The largest absolute Gasteiger partial charge is 0.306 e. The van der Waals surface area contributed by atoms with Crippen LogP contribution < -0.4 is 5.32 Å². The van der Waals surface area contributed by atoms with Gasteiger partial charge < -0.3 is 5.32 Å². The van der Waals surface area contributed by atoms with Crippen molar-refractivity contribution in [2.75, 3.05) is 5.75 Å². The third-order valence-corrected chi connectivity index (χ3v) is 5.12. The fraction of sp³-hybridized carbons (Fsp3) is 0.571. The van der Waals surface area contributed by atoms with E-state index in [-0.39, 0.29) is 0 Å². The van der Waals surface area contributed by atoms with E-state index in [1.165, 1.54) is 25.0 Å². The summed E-state index contributed by atoms with van der Waals surface area (Å²) >= 11 is 2.11. The lowest BCUT2D eigenvalue weighted by Gasteiger charge is -2.19. The molecule has 2 heteroatoms. The lowest BCUT2D eigenvalue weighted by molar-refractivity contribution is 0.449. The predicted octanol–water partition coefficient (Wildman–Crippen LogP) is 3.16. The summed E-state index contributed by atoms with van der Waals surface area (Å²) in [6, 6.07) is 10.3. The normalized spacial score (nSPS) is 32.9. The standard InChI is InChI=1S/C14H19NS/c1-10-8-12(9-16-10)15-14-7-6-11-4-2-3-5-13(11)14/h2-5,10,12,14-15H,6-9H2,1H3. The summed E-state index contributed by atoms with van der Waals surface area (Å²) in [5.74, 6) is 1.29. The van der Waals surface area contributed by atoms with Crippen molar-refractivity contribution in [3.8, 4) is 0 Å². The second-order valence-electron chi connectivity index (χ2n) is 5.03. The second kappa shape index (κ2) is 4.42. The van der Waals surface area contributed by atoms with Gasteiger partial charge in [-0.1, -0.05) is 31.2 Å². The van der Waals surface area contributed by atoms with E-state index in [1.54, 1.807) is 11.1 Å². The van der Waals surface area contributed by atoms with Gasteiger partial charge in [0.1, 0.15) is 0 Å². The molecule has 1 nitrogen and oxygen atoms in total. The van der Waals surface area contributed by atoms with E-state index in [1.807, 2.05) is 0 Å². The van der Waals surface area contributed by atoms with E-state index < -0.39 is 0 Å². The van der Waals surface area contributed by atoms with Gasteiger partial charge in [-0.05, 0) is 30.4 Å². The molecular weight excluding hydrogens is 214 g/mol. The second-order valence-corrected chi connectivity index (χ2v) is 6.50. The summed E-state index contributed by atoms with van der Waals surface area (Å²) in [5.41, 5.74) is 3.10. The first-order chi connectivity index (χ1) is 7.83. The molecule has 1 saturated heterocycles. The molecule has 0 radical (unpaired) electrons. The summed E-state index contributed by atoms with van der Waals surface area (Å²) < 4.78 is 0. The molecule has 0 aromatic heterocycles. The minimum atomic E-state index is 0.618. The number of rotatable bonds is 2. The summed E-state index contributed by atoms with van der Waals surface area (Å²) in [7, 11) is 0. The van der Waals surface area contributed by atoms with Gasteiger partial charge in [-0.15, -0.1) is 0 Å². The van der Waals surface area contributed by atoms with Crippen LogP contribution >= 0.6 is 11.8 Å². The minimum Gasteiger partial charge on any atom is -0.306 e. The molecule has 1 aliphatic heterocycles. The van der Waals surface area contributed by atoms with Crippen LogP contribution in [0.5, 0.6) is 0 Å². The maximum absolute atomic E-state index is 3.84. The molecule has 1 aliphatic carbocycles. The third-order valence-electron chi connectivity index (χ3n) is 3.77. The van der Waals surface area contributed by atoms with Crippen LogP contribution in [0.3, 0.4) is 0 Å². The Morgan fingerprint density at radius 2 is 2.19 bits per heavy atom. The van der Waals surface area contributed by atoms with Crippen LogP contribution in [0.1, 0.15) is 36.9 Å². The molecule has 86 valence electrons. The van der Waals surface area contributed by atoms with Crippen molar-refractivity contribution >= 4 is 11.8 Å². The van der Waals surface area contributed by atoms with Crippen LogP contribution in [0.25, 0.3) is 0 Å². The smallest absolute Gasteiger partial charge is 0.0328 e. The van der Waals surface area contributed by atoms with E-state index in [0.717, 1.165) is 11.3 Å². The van der Waals surface area contributed by atoms with Crippen LogP contribution in [0.4, 0.5) is 0 Å². The van der Waals surface area contributed by atoms with Gasteiger partial charge in [0.25, 0.3) is 0 Å². The molecule has 1 N–H and O–H groups in total. The molecule has 3 rings (SSSR count). The number of benzene rings is 1. The SMILES string of the molecule is CC1CC(NC2CCc3ccccc32)CS1.